The lowest BCUT2D eigenvalue weighted by atomic mass is 10.0. The van der Waals surface area contributed by atoms with Crippen LogP contribution in [0.25, 0.3) is 0 Å². The van der Waals surface area contributed by atoms with E-state index < -0.39 is 12.1 Å². The molecule has 2 heterocycles. The van der Waals surface area contributed by atoms with Crippen molar-refractivity contribution in [2.24, 2.45) is 5.92 Å². The van der Waals surface area contributed by atoms with E-state index in [1.165, 1.54) is 29.8 Å². The van der Waals surface area contributed by atoms with Gasteiger partial charge in [0.25, 0.3) is 0 Å². The number of hydrogen-bond donors (Lipinski definition) is 1. The monoisotopic (exact) mass is 418 g/mol. The summed E-state index contributed by atoms with van der Waals surface area (Å²) in [6, 6.07) is 0.336. The zero-order chi connectivity index (χ0) is 21.9. The second-order valence-corrected chi connectivity index (χ2v) is 8.16. The van der Waals surface area contributed by atoms with Crippen LogP contribution in [-0.4, -0.2) is 63.4 Å². The maximum absolute atomic E-state index is 12.4. The van der Waals surface area contributed by atoms with Gasteiger partial charge in [0.05, 0.1) is 17.9 Å². The number of aromatic nitrogens is 2. The molecule has 0 spiro atoms. The van der Waals surface area contributed by atoms with Crippen LogP contribution in [0.5, 0.6) is 0 Å². The van der Waals surface area contributed by atoms with Crippen molar-refractivity contribution in [1.29, 1.82) is 0 Å². The van der Waals surface area contributed by atoms with Crippen LogP contribution in [0.3, 0.4) is 0 Å². The number of alkyl halides is 3. The third-order valence-electron chi connectivity index (χ3n) is 4.88. The quantitative estimate of drug-likeness (QED) is 0.796. The minimum absolute atomic E-state index is 0.332. The standard InChI is InChI=1S/C17H28N4O.C2HF3O2/c1-12(2)21-16-11-20(17(22)9-13-5-6-13)8-7-14(16)15(18-21)10-19(3)4;3-2(4,5)1(6)7/h12-13H,5-11H2,1-4H3;(H,6,7). The molecule has 0 atom stereocenters. The van der Waals surface area contributed by atoms with Crippen molar-refractivity contribution in [3.8, 4) is 0 Å². The van der Waals surface area contributed by atoms with Crippen LogP contribution in [0.1, 0.15) is 56.1 Å². The van der Waals surface area contributed by atoms with Gasteiger partial charge < -0.3 is 14.9 Å². The maximum Gasteiger partial charge on any atom is 0.490 e. The van der Waals surface area contributed by atoms with Crippen molar-refractivity contribution in [3.05, 3.63) is 17.0 Å². The van der Waals surface area contributed by atoms with Crippen LogP contribution >= 0.6 is 0 Å². The number of carbonyl (C=O) groups is 2. The number of aliphatic carboxylic acids is 1. The van der Waals surface area contributed by atoms with Gasteiger partial charge in [-0.05, 0) is 53.1 Å². The van der Waals surface area contributed by atoms with Gasteiger partial charge in [0.15, 0.2) is 0 Å². The molecule has 1 amide bonds. The zero-order valence-corrected chi connectivity index (χ0v) is 17.3. The van der Waals surface area contributed by atoms with Gasteiger partial charge in [-0.25, -0.2) is 4.79 Å². The van der Waals surface area contributed by atoms with E-state index >= 15 is 0 Å². The summed E-state index contributed by atoms with van der Waals surface area (Å²) in [6.45, 7) is 6.79. The second-order valence-electron chi connectivity index (χ2n) is 8.16. The van der Waals surface area contributed by atoms with Crippen molar-refractivity contribution in [2.75, 3.05) is 20.6 Å². The molecule has 7 nitrogen and oxygen atoms in total. The average molecular weight is 418 g/mol. The van der Waals surface area contributed by atoms with Crippen molar-refractivity contribution in [2.45, 2.75) is 64.8 Å². The third kappa shape index (κ3) is 6.45. The summed E-state index contributed by atoms with van der Waals surface area (Å²) in [5.74, 6) is -1.76. The fourth-order valence-corrected chi connectivity index (χ4v) is 3.28. The Morgan fingerprint density at radius 2 is 1.86 bits per heavy atom. The Labute approximate surface area is 168 Å². The van der Waals surface area contributed by atoms with Crippen LogP contribution in [0, 0.1) is 5.92 Å². The normalized spacial score (nSPS) is 16.5. The van der Waals surface area contributed by atoms with Gasteiger partial charge in [-0.1, -0.05) is 0 Å². The van der Waals surface area contributed by atoms with Gasteiger partial charge in [0, 0.05) is 31.1 Å². The fourth-order valence-electron chi connectivity index (χ4n) is 3.28. The summed E-state index contributed by atoms with van der Waals surface area (Å²) in [7, 11) is 4.16. The predicted molar refractivity (Wildman–Crippen MR) is 100 cm³/mol. The van der Waals surface area contributed by atoms with E-state index in [0.29, 0.717) is 17.9 Å². The van der Waals surface area contributed by atoms with E-state index in [2.05, 4.69) is 37.5 Å². The van der Waals surface area contributed by atoms with Crippen LogP contribution in [-0.2, 0) is 29.1 Å². The largest absolute Gasteiger partial charge is 0.490 e. The summed E-state index contributed by atoms with van der Waals surface area (Å²) >= 11 is 0. The lowest BCUT2D eigenvalue weighted by molar-refractivity contribution is -0.192. The number of carbonyl (C=O) groups excluding carboxylic acids is 1. The number of fused-ring (bicyclic) bond motifs is 1. The van der Waals surface area contributed by atoms with Crippen molar-refractivity contribution in [1.82, 2.24) is 19.6 Å². The number of amides is 1. The molecule has 1 aliphatic carbocycles. The average Bonchev–Trinajstić information content (AvgIpc) is 3.34. The first-order chi connectivity index (χ1) is 13.4. The van der Waals surface area contributed by atoms with Crippen molar-refractivity contribution in [3.63, 3.8) is 0 Å². The smallest absolute Gasteiger partial charge is 0.475 e. The number of carboxylic acids is 1. The highest BCUT2D eigenvalue weighted by atomic mass is 19.4. The van der Waals surface area contributed by atoms with Crippen LogP contribution in [0.4, 0.5) is 13.2 Å². The van der Waals surface area contributed by atoms with Gasteiger partial charge in [0.1, 0.15) is 0 Å². The molecular formula is C19H29F3N4O3. The first-order valence-electron chi connectivity index (χ1n) is 9.71. The molecule has 1 N–H and O–H groups in total. The maximum atomic E-state index is 12.4. The molecule has 164 valence electrons. The van der Waals surface area contributed by atoms with E-state index in [-0.39, 0.29) is 0 Å². The molecule has 2 aliphatic rings. The second kappa shape index (κ2) is 9.15. The minimum atomic E-state index is -5.08. The zero-order valence-electron chi connectivity index (χ0n) is 17.3. The molecule has 0 bridgehead atoms. The molecule has 0 aromatic carbocycles. The molecule has 1 fully saturated rings. The predicted octanol–water partition coefficient (Wildman–Crippen LogP) is 2.84. The van der Waals surface area contributed by atoms with E-state index in [4.69, 9.17) is 15.0 Å². The van der Waals surface area contributed by atoms with Gasteiger partial charge in [-0.3, -0.25) is 9.48 Å². The Hall–Kier alpha value is -2.10. The highest BCUT2D eigenvalue weighted by molar-refractivity contribution is 5.77. The van der Waals surface area contributed by atoms with Gasteiger partial charge in [0.2, 0.25) is 5.91 Å². The first kappa shape index (κ1) is 23.2. The highest BCUT2D eigenvalue weighted by Crippen LogP contribution is 2.34. The molecule has 1 saturated carbocycles. The highest BCUT2D eigenvalue weighted by Gasteiger charge is 2.38. The minimum Gasteiger partial charge on any atom is -0.475 e. The number of carboxylic acid groups (broad SMARTS) is 1. The van der Waals surface area contributed by atoms with E-state index in [1.54, 1.807) is 0 Å². The summed E-state index contributed by atoms with van der Waals surface area (Å²) in [5.41, 5.74) is 3.81. The third-order valence-corrected chi connectivity index (χ3v) is 4.88. The number of hydrogen-bond acceptors (Lipinski definition) is 4. The lowest BCUT2D eigenvalue weighted by Crippen LogP contribution is -2.37. The van der Waals surface area contributed by atoms with Gasteiger partial charge in [-0.15, -0.1) is 0 Å². The van der Waals surface area contributed by atoms with E-state index in [1.807, 2.05) is 4.90 Å². The Morgan fingerprint density at radius 3 is 2.31 bits per heavy atom. The molecular weight excluding hydrogens is 389 g/mol. The molecule has 0 radical (unpaired) electrons. The molecule has 1 aliphatic heterocycles. The molecule has 0 saturated heterocycles. The van der Waals surface area contributed by atoms with Gasteiger partial charge in [-0.2, -0.15) is 18.3 Å². The molecule has 3 rings (SSSR count). The molecule has 10 heteroatoms. The lowest BCUT2D eigenvalue weighted by Gasteiger charge is -2.29. The number of nitrogens with zero attached hydrogens (tertiary/aromatic N) is 4. The first-order valence-corrected chi connectivity index (χ1v) is 9.71. The van der Waals surface area contributed by atoms with Crippen molar-refractivity contribution < 1.29 is 27.9 Å². The molecule has 1 aromatic rings. The summed E-state index contributed by atoms with van der Waals surface area (Å²) < 4.78 is 33.9. The number of halogens is 3. The molecule has 29 heavy (non-hydrogen) atoms. The van der Waals surface area contributed by atoms with Crippen LogP contribution < -0.4 is 0 Å². The van der Waals surface area contributed by atoms with Crippen LogP contribution in [0.2, 0.25) is 0 Å². The Kier molecular flexibility index (Phi) is 7.31. The van der Waals surface area contributed by atoms with Crippen molar-refractivity contribution >= 4 is 11.9 Å². The Morgan fingerprint density at radius 1 is 1.28 bits per heavy atom. The van der Waals surface area contributed by atoms with E-state index in [9.17, 15) is 18.0 Å². The number of rotatable bonds is 5. The fraction of sp³-hybridized carbons (Fsp3) is 0.737. The SMILES string of the molecule is CC(C)n1nc(CN(C)C)c2c1CN(C(=O)CC1CC1)CC2.O=C(O)C(F)(F)F. The van der Waals surface area contributed by atoms with Gasteiger partial charge >= 0.3 is 12.1 Å². The summed E-state index contributed by atoms with van der Waals surface area (Å²) in [4.78, 5) is 25.5. The summed E-state index contributed by atoms with van der Waals surface area (Å²) in [5, 5.41) is 12.0. The Balaban J connectivity index is 0.000000370. The topological polar surface area (TPSA) is 78.7 Å². The van der Waals surface area contributed by atoms with E-state index in [0.717, 1.165) is 32.5 Å². The van der Waals surface area contributed by atoms with Crippen LogP contribution in [0.15, 0.2) is 0 Å². The molecule has 1 aromatic heterocycles. The molecule has 0 unspecified atom stereocenters. The summed E-state index contributed by atoms with van der Waals surface area (Å²) in [6.07, 6.45) is -0.916. The Bertz CT molecular complexity index is 740.